The van der Waals surface area contributed by atoms with Crippen molar-refractivity contribution < 1.29 is 18.7 Å². The highest BCUT2D eigenvalue weighted by atomic mass is 35.5. The number of hydrogen-bond donors (Lipinski definition) is 2. The van der Waals surface area contributed by atoms with Gasteiger partial charge in [0.2, 0.25) is 5.91 Å². The van der Waals surface area contributed by atoms with E-state index in [0.717, 1.165) is 23.8 Å². The molecule has 2 aromatic heterocycles. The second-order valence-corrected chi connectivity index (χ2v) is 8.55. The summed E-state index contributed by atoms with van der Waals surface area (Å²) in [6, 6.07) is 7.20. The van der Waals surface area contributed by atoms with Crippen molar-refractivity contribution in [2.24, 2.45) is 0 Å². The number of carbonyl (C=O) groups is 2. The molecule has 168 valence electrons. The van der Waals surface area contributed by atoms with Gasteiger partial charge in [0.15, 0.2) is 16.8 Å². The first-order chi connectivity index (χ1) is 15.5. The van der Waals surface area contributed by atoms with E-state index in [-0.39, 0.29) is 12.3 Å². The molecule has 0 radical (unpaired) electrons. The van der Waals surface area contributed by atoms with Crippen molar-refractivity contribution in [2.75, 3.05) is 31.2 Å². The number of carbonyl (C=O) groups excluding carboxylic acids is 2. The number of ether oxygens (including phenoxy) is 1. The quantitative estimate of drug-likeness (QED) is 0.527. The standard InChI is InChI=1S/C21H22ClN5O4S/c1-13-19(32-21(24-13)27-8-10-30-11-9-27)20(29)26-25-17(28)6-7-18-23-12-16(31-18)14-2-4-15(22)5-3-14/h2-5,12H,6-11H2,1H3,(H,25,28)(H,26,29). The third-order valence-corrected chi connectivity index (χ3v) is 6.31. The molecule has 0 spiro atoms. The summed E-state index contributed by atoms with van der Waals surface area (Å²) in [7, 11) is 0. The monoisotopic (exact) mass is 475 g/mol. The highest BCUT2D eigenvalue weighted by Crippen LogP contribution is 2.26. The maximum absolute atomic E-state index is 12.5. The molecule has 0 unspecified atom stereocenters. The third-order valence-electron chi connectivity index (χ3n) is 4.84. The summed E-state index contributed by atoms with van der Waals surface area (Å²) in [5.74, 6) is 0.293. The molecule has 1 aliphatic heterocycles. The van der Waals surface area contributed by atoms with Crippen LogP contribution < -0.4 is 15.8 Å². The molecule has 1 aliphatic rings. The third kappa shape index (κ3) is 5.45. The van der Waals surface area contributed by atoms with Gasteiger partial charge in [-0.3, -0.25) is 20.4 Å². The van der Waals surface area contributed by atoms with E-state index in [1.165, 1.54) is 11.3 Å². The number of nitrogens with zero attached hydrogens (tertiary/aromatic N) is 3. The van der Waals surface area contributed by atoms with Gasteiger partial charge in [-0.25, -0.2) is 9.97 Å². The van der Waals surface area contributed by atoms with Crippen LogP contribution in [0, 0.1) is 6.92 Å². The van der Waals surface area contributed by atoms with Crippen molar-refractivity contribution in [3.8, 4) is 11.3 Å². The first-order valence-electron chi connectivity index (χ1n) is 10.1. The Kier molecular flexibility index (Phi) is 7.03. The lowest BCUT2D eigenvalue weighted by molar-refractivity contribution is -0.121. The Labute approximate surface area is 193 Å². The van der Waals surface area contributed by atoms with Gasteiger partial charge in [-0.2, -0.15) is 0 Å². The number of morpholine rings is 1. The maximum atomic E-state index is 12.5. The zero-order chi connectivity index (χ0) is 22.5. The van der Waals surface area contributed by atoms with E-state index in [1.54, 1.807) is 25.3 Å². The van der Waals surface area contributed by atoms with Crippen LogP contribution in [0.25, 0.3) is 11.3 Å². The average molecular weight is 476 g/mol. The van der Waals surface area contributed by atoms with E-state index < -0.39 is 5.91 Å². The highest BCUT2D eigenvalue weighted by molar-refractivity contribution is 7.17. The Morgan fingerprint density at radius 1 is 1.19 bits per heavy atom. The summed E-state index contributed by atoms with van der Waals surface area (Å²) in [4.78, 5) is 35.9. The molecule has 0 bridgehead atoms. The number of rotatable bonds is 6. The van der Waals surface area contributed by atoms with Crippen molar-refractivity contribution in [1.29, 1.82) is 0 Å². The molecule has 1 saturated heterocycles. The normalized spacial score (nSPS) is 13.8. The molecule has 32 heavy (non-hydrogen) atoms. The zero-order valence-electron chi connectivity index (χ0n) is 17.4. The van der Waals surface area contributed by atoms with Crippen LogP contribution in [0.1, 0.15) is 27.7 Å². The Morgan fingerprint density at radius 2 is 1.94 bits per heavy atom. The van der Waals surface area contributed by atoms with Crippen molar-refractivity contribution in [3.63, 3.8) is 0 Å². The number of aryl methyl sites for hydroxylation is 2. The number of hydrazine groups is 1. The van der Waals surface area contributed by atoms with Gasteiger partial charge in [0.1, 0.15) is 4.88 Å². The Bertz CT molecular complexity index is 1090. The van der Waals surface area contributed by atoms with Crippen LogP contribution in [0.2, 0.25) is 5.02 Å². The Balaban J connectivity index is 1.26. The SMILES string of the molecule is Cc1nc(N2CCOCC2)sc1C(=O)NNC(=O)CCc1ncc(-c2ccc(Cl)cc2)o1. The molecule has 9 nitrogen and oxygen atoms in total. The van der Waals surface area contributed by atoms with Crippen molar-refractivity contribution >= 4 is 39.9 Å². The number of nitrogens with one attached hydrogen (secondary N) is 2. The molecule has 0 atom stereocenters. The van der Waals surface area contributed by atoms with Crippen LogP contribution >= 0.6 is 22.9 Å². The molecule has 0 aliphatic carbocycles. The molecule has 11 heteroatoms. The number of halogens is 1. The van der Waals surface area contributed by atoms with E-state index in [9.17, 15) is 9.59 Å². The number of benzene rings is 1. The van der Waals surface area contributed by atoms with Gasteiger partial charge < -0.3 is 14.1 Å². The lowest BCUT2D eigenvalue weighted by atomic mass is 10.2. The molecule has 2 N–H and O–H groups in total. The van der Waals surface area contributed by atoms with E-state index in [1.807, 2.05) is 12.1 Å². The number of thiazole rings is 1. The highest BCUT2D eigenvalue weighted by Gasteiger charge is 2.21. The molecular formula is C21H22ClN5O4S. The molecule has 3 aromatic rings. The number of aromatic nitrogens is 2. The number of anilines is 1. The predicted octanol–water partition coefficient (Wildman–Crippen LogP) is 2.99. The minimum Gasteiger partial charge on any atom is -0.441 e. The fourth-order valence-corrected chi connectivity index (χ4v) is 4.26. The maximum Gasteiger partial charge on any atom is 0.281 e. The minimum absolute atomic E-state index is 0.113. The van der Waals surface area contributed by atoms with Crippen LogP contribution in [-0.4, -0.2) is 48.1 Å². The molecule has 4 rings (SSSR count). The summed E-state index contributed by atoms with van der Waals surface area (Å²) in [5.41, 5.74) is 6.36. The fraction of sp³-hybridized carbons (Fsp3) is 0.333. The van der Waals surface area contributed by atoms with Crippen LogP contribution in [0.15, 0.2) is 34.9 Å². The molecule has 2 amide bonds. The van der Waals surface area contributed by atoms with Gasteiger partial charge in [0.05, 0.1) is 25.1 Å². The molecule has 0 saturated carbocycles. The van der Waals surface area contributed by atoms with E-state index in [4.69, 9.17) is 20.8 Å². The summed E-state index contributed by atoms with van der Waals surface area (Å²) in [6.45, 7) is 4.54. The second kappa shape index (κ2) is 10.1. The summed E-state index contributed by atoms with van der Waals surface area (Å²) < 4.78 is 11.0. The first kappa shape index (κ1) is 22.3. The summed E-state index contributed by atoms with van der Waals surface area (Å²) in [5, 5.41) is 1.42. The average Bonchev–Trinajstić information content (AvgIpc) is 3.44. The number of oxazole rings is 1. The van der Waals surface area contributed by atoms with E-state index in [0.29, 0.717) is 46.9 Å². The van der Waals surface area contributed by atoms with Gasteiger partial charge in [-0.05, 0) is 31.2 Å². The van der Waals surface area contributed by atoms with Crippen LogP contribution in [0.4, 0.5) is 5.13 Å². The summed E-state index contributed by atoms with van der Waals surface area (Å²) in [6.07, 6.45) is 2.02. The molecule has 1 aromatic carbocycles. The van der Waals surface area contributed by atoms with E-state index in [2.05, 4.69) is 25.7 Å². The zero-order valence-corrected chi connectivity index (χ0v) is 19.0. The molecule has 1 fully saturated rings. The molecular weight excluding hydrogens is 454 g/mol. The van der Waals surface area contributed by atoms with Crippen molar-refractivity contribution in [1.82, 2.24) is 20.8 Å². The van der Waals surface area contributed by atoms with Gasteiger partial charge in [0, 0.05) is 36.5 Å². The van der Waals surface area contributed by atoms with Gasteiger partial charge in [-0.15, -0.1) is 0 Å². The first-order valence-corrected chi connectivity index (χ1v) is 11.3. The van der Waals surface area contributed by atoms with E-state index >= 15 is 0 Å². The minimum atomic E-state index is -0.394. The predicted molar refractivity (Wildman–Crippen MR) is 121 cm³/mol. The molecule has 3 heterocycles. The largest absolute Gasteiger partial charge is 0.441 e. The lowest BCUT2D eigenvalue weighted by Crippen LogP contribution is -2.41. The summed E-state index contributed by atoms with van der Waals surface area (Å²) >= 11 is 7.20. The lowest BCUT2D eigenvalue weighted by Gasteiger charge is -2.25. The van der Waals surface area contributed by atoms with Gasteiger partial charge in [0.25, 0.3) is 5.91 Å². The number of hydrogen-bond acceptors (Lipinski definition) is 8. The Hall–Kier alpha value is -2.95. The van der Waals surface area contributed by atoms with Crippen molar-refractivity contribution in [3.05, 3.63) is 51.9 Å². The second-order valence-electron chi connectivity index (χ2n) is 7.14. The van der Waals surface area contributed by atoms with Gasteiger partial charge in [-0.1, -0.05) is 22.9 Å². The van der Waals surface area contributed by atoms with Crippen LogP contribution in [0.5, 0.6) is 0 Å². The topological polar surface area (TPSA) is 110 Å². The fourth-order valence-electron chi connectivity index (χ4n) is 3.12. The number of amides is 2. The van der Waals surface area contributed by atoms with Crippen LogP contribution in [-0.2, 0) is 16.0 Å². The Morgan fingerprint density at radius 3 is 2.69 bits per heavy atom. The smallest absolute Gasteiger partial charge is 0.281 e. The van der Waals surface area contributed by atoms with Gasteiger partial charge >= 0.3 is 0 Å². The van der Waals surface area contributed by atoms with Crippen LogP contribution in [0.3, 0.4) is 0 Å². The van der Waals surface area contributed by atoms with Crippen molar-refractivity contribution in [2.45, 2.75) is 19.8 Å².